The van der Waals surface area contributed by atoms with Crippen LogP contribution in [0, 0.1) is 5.82 Å². The number of carboxylic acids is 1. The highest BCUT2D eigenvalue weighted by Crippen LogP contribution is 2.33. The van der Waals surface area contributed by atoms with Crippen molar-refractivity contribution in [3.8, 4) is 11.4 Å². The molecule has 2 aromatic carbocycles. The average molecular weight is 557 g/mol. The van der Waals surface area contributed by atoms with Crippen LogP contribution in [0.3, 0.4) is 0 Å². The van der Waals surface area contributed by atoms with Crippen LogP contribution in [-0.2, 0) is 16.0 Å². The van der Waals surface area contributed by atoms with Gasteiger partial charge in [0.05, 0.1) is 0 Å². The quantitative estimate of drug-likeness (QED) is 0.385. The molecule has 0 saturated carbocycles. The fourth-order valence-corrected chi connectivity index (χ4v) is 4.14. The maximum absolute atomic E-state index is 13.5. The second kappa shape index (κ2) is 12.8. The predicted octanol–water partition coefficient (Wildman–Crippen LogP) is 5.18. The molecule has 1 aliphatic heterocycles. The number of nitrogens with zero attached hydrogens (tertiary/aromatic N) is 3. The van der Waals surface area contributed by atoms with Gasteiger partial charge in [0.15, 0.2) is 0 Å². The lowest BCUT2D eigenvalue weighted by atomic mass is 10.0. The third kappa shape index (κ3) is 8.25. The van der Waals surface area contributed by atoms with Gasteiger partial charge in [0, 0.05) is 29.6 Å². The Morgan fingerprint density at radius 1 is 1.21 bits per heavy atom. The average Bonchev–Trinajstić information content (AvgIpc) is 3.52. The van der Waals surface area contributed by atoms with Gasteiger partial charge in [0.25, 0.3) is 0 Å². The predicted molar refractivity (Wildman–Crippen MR) is 129 cm³/mol. The van der Waals surface area contributed by atoms with Gasteiger partial charge in [-0.15, -0.1) is 0 Å². The zero-order valence-electron chi connectivity index (χ0n) is 20.0. The number of hydrogen-bond acceptors (Lipinski definition) is 6. The third-order valence-electron chi connectivity index (χ3n) is 5.75. The molecule has 1 fully saturated rings. The van der Waals surface area contributed by atoms with E-state index in [1.54, 1.807) is 17.0 Å². The Morgan fingerprint density at radius 2 is 1.92 bits per heavy atom. The van der Waals surface area contributed by atoms with Gasteiger partial charge in [0.1, 0.15) is 11.9 Å². The topological polar surface area (TPSA) is 123 Å². The minimum atomic E-state index is -5.08. The maximum atomic E-state index is 13.5. The van der Waals surface area contributed by atoms with Crippen LogP contribution in [0.4, 0.5) is 17.6 Å². The molecule has 1 aliphatic rings. The number of aliphatic carboxylic acids is 1. The number of nitrogens with two attached hydrogens (primary N) is 1. The highest BCUT2D eigenvalue weighted by molar-refractivity contribution is 6.30. The molecule has 1 unspecified atom stereocenters. The van der Waals surface area contributed by atoms with E-state index in [4.69, 9.17) is 31.8 Å². The summed E-state index contributed by atoms with van der Waals surface area (Å²) in [6, 6.07) is 13.2. The summed E-state index contributed by atoms with van der Waals surface area (Å²) < 4.78 is 50.6. The molecular formula is C25H25ClF4N4O4. The molecule has 204 valence electrons. The van der Waals surface area contributed by atoms with E-state index in [1.807, 2.05) is 24.3 Å². The summed E-state index contributed by atoms with van der Waals surface area (Å²) in [5, 5.41) is 11.8. The molecule has 0 bridgehead atoms. The van der Waals surface area contributed by atoms with Crippen molar-refractivity contribution >= 4 is 23.5 Å². The van der Waals surface area contributed by atoms with Gasteiger partial charge >= 0.3 is 12.1 Å². The smallest absolute Gasteiger partial charge is 0.475 e. The molecule has 38 heavy (non-hydrogen) atoms. The summed E-state index contributed by atoms with van der Waals surface area (Å²) in [5.41, 5.74) is 7.88. The molecule has 0 spiro atoms. The number of aryl methyl sites for hydroxylation is 1. The molecule has 1 aromatic heterocycles. The second-order valence-corrected chi connectivity index (χ2v) is 9.08. The molecular weight excluding hydrogens is 532 g/mol. The zero-order chi connectivity index (χ0) is 27.9. The first kappa shape index (κ1) is 29.1. The summed E-state index contributed by atoms with van der Waals surface area (Å²) in [6.45, 7) is 0.627. The van der Waals surface area contributed by atoms with E-state index in [-0.39, 0.29) is 30.2 Å². The monoisotopic (exact) mass is 556 g/mol. The number of hydrogen-bond donors (Lipinski definition) is 2. The summed E-state index contributed by atoms with van der Waals surface area (Å²) in [6.07, 6.45) is -1.78. The lowest BCUT2D eigenvalue weighted by Gasteiger charge is -2.23. The van der Waals surface area contributed by atoms with Gasteiger partial charge in [0.2, 0.25) is 17.6 Å². The Bertz CT molecular complexity index is 1250. The second-order valence-electron chi connectivity index (χ2n) is 8.65. The van der Waals surface area contributed by atoms with E-state index in [2.05, 4.69) is 10.1 Å². The highest BCUT2D eigenvalue weighted by atomic mass is 35.5. The van der Waals surface area contributed by atoms with Gasteiger partial charge in [-0.3, -0.25) is 4.79 Å². The fraction of sp³-hybridized carbons (Fsp3) is 0.360. The van der Waals surface area contributed by atoms with Crippen LogP contribution in [0.15, 0.2) is 53.1 Å². The van der Waals surface area contributed by atoms with E-state index in [0.29, 0.717) is 35.3 Å². The molecule has 3 N–H and O–H groups in total. The SMILES string of the molecule is NC(CCc1cccc(Cl)c1)CC(=O)N1CCC[C@H]1c1nc(-c2cccc(F)c2)no1.O=C(O)C(F)(F)F. The molecule has 1 amide bonds. The molecule has 3 aromatic rings. The fourth-order valence-electron chi connectivity index (χ4n) is 3.93. The number of carboxylic acid groups (broad SMARTS) is 1. The van der Waals surface area contributed by atoms with E-state index in [1.165, 1.54) is 12.1 Å². The zero-order valence-corrected chi connectivity index (χ0v) is 20.8. The van der Waals surface area contributed by atoms with Crippen molar-refractivity contribution in [2.24, 2.45) is 5.73 Å². The number of amides is 1. The summed E-state index contributed by atoms with van der Waals surface area (Å²) >= 11 is 6.02. The number of likely N-dealkylation sites (tertiary alicyclic amines) is 1. The van der Waals surface area contributed by atoms with Crippen molar-refractivity contribution in [3.05, 3.63) is 70.8 Å². The number of halogens is 5. The Balaban J connectivity index is 0.000000505. The lowest BCUT2D eigenvalue weighted by Crippen LogP contribution is -2.35. The van der Waals surface area contributed by atoms with Crippen molar-refractivity contribution < 1.29 is 36.8 Å². The van der Waals surface area contributed by atoms with Crippen LogP contribution in [0.5, 0.6) is 0 Å². The summed E-state index contributed by atoms with van der Waals surface area (Å²) in [5.74, 6) is -2.46. The maximum Gasteiger partial charge on any atom is 0.490 e. The van der Waals surface area contributed by atoms with Crippen molar-refractivity contribution in [1.82, 2.24) is 15.0 Å². The number of carbonyl (C=O) groups is 2. The molecule has 4 rings (SSSR count). The third-order valence-corrected chi connectivity index (χ3v) is 5.99. The van der Waals surface area contributed by atoms with Crippen molar-refractivity contribution in [3.63, 3.8) is 0 Å². The Hall–Kier alpha value is -3.51. The van der Waals surface area contributed by atoms with Crippen LogP contribution < -0.4 is 5.73 Å². The van der Waals surface area contributed by atoms with Crippen molar-refractivity contribution in [2.45, 2.75) is 50.4 Å². The van der Waals surface area contributed by atoms with Gasteiger partial charge in [-0.05, 0) is 55.5 Å². The molecule has 2 heterocycles. The first-order chi connectivity index (χ1) is 17.9. The van der Waals surface area contributed by atoms with Crippen LogP contribution in [0.1, 0.15) is 43.2 Å². The van der Waals surface area contributed by atoms with Gasteiger partial charge in [-0.25, -0.2) is 9.18 Å². The van der Waals surface area contributed by atoms with Crippen molar-refractivity contribution in [2.75, 3.05) is 6.54 Å². The summed E-state index contributed by atoms with van der Waals surface area (Å²) in [7, 11) is 0. The molecule has 8 nitrogen and oxygen atoms in total. The lowest BCUT2D eigenvalue weighted by molar-refractivity contribution is -0.192. The van der Waals surface area contributed by atoms with Crippen LogP contribution in [0.2, 0.25) is 5.02 Å². The number of alkyl halides is 3. The Labute approximate surface area is 220 Å². The molecule has 0 radical (unpaired) electrons. The normalized spacial score (nSPS) is 16.1. The van der Waals surface area contributed by atoms with E-state index in [0.717, 1.165) is 24.8 Å². The van der Waals surface area contributed by atoms with E-state index >= 15 is 0 Å². The Morgan fingerprint density at radius 3 is 2.58 bits per heavy atom. The largest absolute Gasteiger partial charge is 0.490 e. The molecule has 0 aliphatic carbocycles. The number of rotatable bonds is 7. The van der Waals surface area contributed by atoms with E-state index < -0.39 is 12.1 Å². The number of carbonyl (C=O) groups excluding carboxylic acids is 1. The number of aromatic nitrogens is 2. The van der Waals surface area contributed by atoms with Gasteiger partial charge in [-0.2, -0.15) is 18.2 Å². The van der Waals surface area contributed by atoms with Gasteiger partial charge in [-0.1, -0.05) is 41.0 Å². The van der Waals surface area contributed by atoms with Gasteiger partial charge < -0.3 is 20.3 Å². The molecule has 13 heteroatoms. The highest BCUT2D eigenvalue weighted by Gasteiger charge is 2.38. The molecule has 2 atom stereocenters. The van der Waals surface area contributed by atoms with E-state index in [9.17, 15) is 22.4 Å². The van der Waals surface area contributed by atoms with Crippen LogP contribution in [0.25, 0.3) is 11.4 Å². The minimum Gasteiger partial charge on any atom is -0.475 e. The first-order valence-electron chi connectivity index (χ1n) is 11.6. The molecule has 1 saturated heterocycles. The minimum absolute atomic E-state index is 0.0217. The number of benzene rings is 2. The van der Waals surface area contributed by atoms with Crippen LogP contribution >= 0.6 is 11.6 Å². The standard InChI is InChI=1S/C23H24ClFN4O2.C2HF3O2/c24-17-6-1-4-15(12-17)9-10-19(26)14-21(30)29-11-3-8-20(29)23-27-22(28-31-23)16-5-2-7-18(25)13-16;3-2(4,5)1(6)7/h1-2,4-7,12-13,19-20H,3,8-11,14,26H2;(H,6,7)/t19?,20-;/m0./s1. The Kier molecular flexibility index (Phi) is 9.81. The van der Waals surface area contributed by atoms with Crippen LogP contribution in [-0.4, -0.2) is 50.8 Å². The summed E-state index contributed by atoms with van der Waals surface area (Å²) in [4.78, 5) is 28.0. The van der Waals surface area contributed by atoms with Crippen molar-refractivity contribution in [1.29, 1.82) is 0 Å². The first-order valence-corrected chi connectivity index (χ1v) is 12.0.